The van der Waals surface area contributed by atoms with Gasteiger partial charge in [-0.2, -0.15) is 0 Å². The smallest absolute Gasteiger partial charge is 0.251 e. The van der Waals surface area contributed by atoms with Crippen LogP contribution in [0.1, 0.15) is 22.8 Å². The normalized spacial score (nSPS) is 10.4. The number of rotatable bonds is 5. The minimum atomic E-state index is -0.447. The molecule has 0 fully saturated rings. The number of amides is 1. The van der Waals surface area contributed by atoms with Crippen molar-refractivity contribution in [3.63, 3.8) is 0 Å². The van der Waals surface area contributed by atoms with Crippen LogP contribution < -0.4 is 16.4 Å². The molecule has 0 aliphatic heterocycles. The first-order valence-corrected chi connectivity index (χ1v) is 7.50. The molecule has 4 nitrogen and oxygen atoms in total. The molecule has 2 rings (SSSR count). The summed E-state index contributed by atoms with van der Waals surface area (Å²) in [5.41, 5.74) is 14.6. The maximum Gasteiger partial charge on any atom is 0.251 e. The number of nitrogen functional groups attached to an aromatic ring is 1. The first-order chi connectivity index (χ1) is 10.0. The summed E-state index contributed by atoms with van der Waals surface area (Å²) in [5, 5.41) is 0. The predicted octanol–water partition coefficient (Wildman–Crippen LogP) is 3.16. The van der Waals surface area contributed by atoms with Gasteiger partial charge in [0.15, 0.2) is 0 Å². The summed E-state index contributed by atoms with van der Waals surface area (Å²) in [4.78, 5) is 13.8. The van der Waals surface area contributed by atoms with Gasteiger partial charge in [-0.25, -0.2) is 0 Å². The number of primary amides is 1. The number of halogens is 1. The minimum absolute atomic E-state index is 0.447. The van der Waals surface area contributed by atoms with Crippen molar-refractivity contribution in [2.75, 3.05) is 17.2 Å². The highest BCUT2D eigenvalue weighted by Gasteiger charge is 2.17. The van der Waals surface area contributed by atoms with Gasteiger partial charge >= 0.3 is 0 Å². The highest BCUT2D eigenvalue weighted by Crippen LogP contribution is 2.29. The van der Waals surface area contributed by atoms with E-state index in [1.165, 1.54) is 0 Å². The highest BCUT2D eigenvalue weighted by atomic mass is 79.9. The predicted molar refractivity (Wildman–Crippen MR) is 90.2 cm³/mol. The molecule has 0 atom stereocenters. The van der Waals surface area contributed by atoms with Crippen molar-refractivity contribution in [3.8, 4) is 0 Å². The fraction of sp³-hybridized carbons (Fsp3) is 0.188. The number of anilines is 2. The van der Waals surface area contributed by atoms with Gasteiger partial charge in [0.2, 0.25) is 0 Å². The number of nitrogens with zero attached hydrogens (tertiary/aromatic N) is 1. The van der Waals surface area contributed by atoms with Crippen LogP contribution >= 0.6 is 15.9 Å². The van der Waals surface area contributed by atoms with Gasteiger partial charge in [0.25, 0.3) is 5.91 Å². The largest absolute Gasteiger partial charge is 0.398 e. The second kappa shape index (κ2) is 6.63. The number of carbonyl (C=O) groups is 1. The molecular weight excluding hydrogens is 330 g/mol. The van der Waals surface area contributed by atoms with Crippen LogP contribution in [0.3, 0.4) is 0 Å². The average molecular weight is 348 g/mol. The van der Waals surface area contributed by atoms with E-state index in [2.05, 4.69) is 20.8 Å². The summed E-state index contributed by atoms with van der Waals surface area (Å²) in [6, 6.07) is 13.3. The molecule has 110 valence electrons. The lowest BCUT2D eigenvalue weighted by Gasteiger charge is -2.26. The van der Waals surface area contributed by atoms with Crippen molar-refractivity contribution in [1.82, 2.24) is 0 Å². The molecule has 0 bridgehead atoms. The Kier molecular flexibility index (Phi) is 4.85. The molecular formula is C16H18BrN3O. The van der Waals surface area contributed by atoms with Gasteiger partial charge < -0.3 is 16.4 Å². The summed E-state index contributed by atoms with van der Waals surface area (Å²) >= 11 is 3.39. The van der Waals surface area contributed by atoms with Crippen LogP contribution in [0.25, 0.3) is 0 Å². The van der Waals surface area contributed by atoms with E-state index in [0.29, 0.717) is 16.6 Å². The van der Waals surface area contributed by atoms with Crippen LogP contribution in [-0.2, 0) is 6.54 Å². The zero-order valence-electron chi connectivity index (χ0n) is 11.8. The highest BCUT2D eigenvalue weighted by molar-refractivity contribution is 9.10. The number of nitrogens with two attached hydrogens (primary N) is 2. The summed E-state index contributed by atoms with van der Waals surface area (Å²) in [5.74, 6) is -0.447. The number of hydrogen-bond acceptors (Lipinski definition) is 3. The zero-order valence-corrected chi connectivity index (χ0v) is 13.4. The van der Waals surface area contributed by atoms with E-state index in [-0.39, 0.29) is 0 Å². The van der Waals surface area contributed by atoms with E-state index in [0.717, 1.165) is 23.5 Å². The average Bonchev–Trinajstić information content (AvgIpc) is 2.45. The molecule has 21 heavy (non-hydrogen) atoms. The van der Waals surface area contributed by atoms with E-state index >= 15 is 0 Å². The van der Waals surface area contributed by atoms with Gasteiger partial charge in [0, 0.05) is 23.2 Å². The molecule has 0 aliphatic carbocycles. The van der Waals surface area contributed by atoms with Crippen LogP contribution in [-0.4, -0.2) is 12.5 Å². The van der Waals surface area contributed by atoms with Gasteiger partial charge in [0.1, 0.15) is 0 Å². The first-order valence-electron chi connectivity index (χ1n) is 6.71. The molecule has 0 unspecified atom stereocenters. The number of benzene rings is 2. The van der Waals surface area contributed by atoms with Crippen LogP contribution in [0.4, 0.5) is 11.4 Å². The molecule has 2 aromatic rings. The Labute approximate surface area is 132 Å². The third-order valence-electron chi connectivity index (χ3n) is 3.38. The molecule has 1 amide bonds. The van der Waals surface area contributed by atoms with Crippen molar-refractivity contribution >= 4 is 33.2 Å². The monoisotopic (exact) mass is 347 g/mol. The van der Waals surface area contributed by atoms with E-state index < -0.39 is 5.91 Å². The lowest BCUT2D eigenvalue weighted by Crippen LogP contribution is -2.26. The minimum Gasteiger partial charge on any atom is -0.398 e. The Morgan fingerprint density at radius 2 is 1.90 bits per heavy atom. The molecule has 4 N–H and O–H groups in total. The van der Waals surface area contributed by atoms with Crippen LogP contribution in [0.2, 0.25) is 0 Å². The van der Waals surface area contributed by atoms with E-state index in [4.69, 9.17) is 11.5 Å². The molecule has 5 heteroatoms. The first kappa shape index (κ1) is 15.4. The molecule has 0 radical (unpaired) electrons. The Morgan fingerprint density at radius 3 is 2.52 bits per heavy atom. The molecule has 0 heterocycles. The molecule has 0 aliphatic rings. The van der Waals surface area contributed by atoms with Gasteiger partial charge in [0.05, 0.1) is 11.3 Å². The fourth-order valence-corrected chi connectivity index (χ4v) is 2.82. The molecule has 0 saturated heterocycles. The fourth-order valence-electron chi connectivity index (χ4n) is 2.27. The summed E-state index contributed by atoms with van der Waals surface area (Å²) in [7, 11) is 0. The lowest BCUT2D eigenvalue weighted by molar-refractivity contribution is 0.1000. The second-order valence-corrected chi connectivity index (χ2v) is 5.57. The van der Waals surface area contributed by atoms with Crippen molar-refractivity contribution in [3.05, 3.63) is 58.1 Å². The number of para-hydroxylation sites is 1. The third kappa shape index (κ3) is 3.36. The van der Waals surface area contributed by atoms with Crippen molar-refractivity contribution in [1.29, 1.82) is 0 Å². The maximum absolute atomic E-state index is 11.7. The Hall–Kier alpha value is -2.01. The van der Waals surface area contributed by atoms with E-state index in [1.54, 1.807) is 0 Å². The van der Waals surface area contributed by atoms with Crippen molar-refractivity contribution < 1.29 is 4.79 Å². The van der Waals surface area contributed by atoms with E-state index in [9.17, 15) is 4.79 Å². The maximum atomic E-state index is 11.7. The Bertz CT molecular complexity index is 658. The van der Waals surface area contributed by atoms with Crippen molar-refractivity contribution in [2.45, 2.75) is 13.5 Å². The summed E-state index contributed by atoms with van der Waals surface area (Å²) in [6.45, 7) is 3.40. The summed E-state index contributed by atoms with van der Waals surface area (Å²) < 4.78 is 0.701. The van der Waals surface area contributed by atoms with Crippen LogP contribution in [0.15, 0.2) is 46.9 Å². The van der Waals surface area contributed by atoms with Gasteiger partial charge in [-0.15, -0.1) is 0 Å². The molecule has 0 saturated carbocycles. The topological polar surface area (TPSA) is 72.3 Å². The second-order valence-electron chi connectivity index (χ2n) is 4.71. The zero-order chi connectivity index (χ0) is 15.4. The van der Waals surface area contributed by atoms with Gasteiger partial charge in [-0.3, -0.25) is 4.79 Å². The molecule has 2 aromatic carbocycles. The lowest BCUT2D eigenvalue weighted by atomic mass is 10.1. The van der Waals surface area contributed by atoms with Gasteiger partial charge in [-0.1, -0.05) is 24.3 Å². The molecule has 0 spiro atoms. The Balaban J connectivity index is 2.41. The Morgan fingerprint density at radius 1 is 1.19 bits per heavy atom. The van der Waals surface area contributed by atoms with Gasteiger partial charge in [-0.05, 0) is 46.6 Å². The number of hydrogen-bond donors (Lipinski definition) is 2. The molecule has 0 aromatic heterocycles. The SMILES string of the molecule is CCN(Cc1ccccc1N)c1cccc(Br)c1C(N)=O. The van der Waals surface area contributed by atoms with E-state index in [1.807, 2.05) is 49.4 Å². The van der Waals surface area contributed by atoms with Crippen LogP contribution in [0, 0.1) is 0 Å². The number of carbonyl (C=O) groups excluding carboxylic acids is 1. The van der Waals surface area contributed by atoms with Crippen LogP contribution in [0.5, 0.6) is 0 Å². The standard InChI is InChI=1S/C16H18BrN3O/c1-2-20(10-11-6-3-4-8-13(11)18)14-9-5-7-12(17)15(14)16(19)21/h3-9H,2,10,18H2,1H3,(H2,19,21). The quantitative estimate of drug-likeness (QED) is 0.816. The summed E-state index contributed by atoms with van der Waals surface area (Å²) in [6.07, 6.45) is 0. The third-order valence-corrected chi connectivity index (χ3v) is 4.04. The van der Waals surface area contributed by atoms with Crippen molar-refractivity contribution in [2.24, 2.45) is 5.73 Å².